The fourth-order valence-electron chi connectivity index (χ4n) is 2.78. The molecule has 2 nitrogen and oxygen atoms in total. The van der Waals surface area contributed by atoms with Crippen molar-refractivity contribution < 1.29 is 9.18 Å². The van der Waals surface area contributed by atoms with E-state index in [-0.39, 0.29) is 11.7 Å². The normalized spacial score (nSPS) is 24.1. The molecule has 2 atom stereocenters. The van der Waals surface area contributed by atoms with Crippen molar-refractivity contribution in [2.45, 2.75) is 51.6 Å². The second kappa shape index (κ2) is 5.51. The Labute approximate surface area is 108 Å². The van der Waals surface area contributed by atoms with Crippen molar-refractivity contribution in [3.8, 4) is 0 Å². The summed E-state index contributed by atoms with van der Waals surface area (Å²) in [7, 11) is 0. The van der Waals surface area contributed by atoms with Crippen LogP contribution in [0.4, 0.5) is 4.39 Å². The number of carbonyl (C=O) groups is 1. The standard InChI is InChI=1S/C15H20FNO/c1-11-4-3-5-12(2)17(11)15(18)10-13-6-8-14(16)9-7-13/h6-9,11-12H,3-5,10H2,1-2H3. The van der Waals surface area contributed by atoms with Crippen molar-refractivity contribution in [2.24, 2.45) is 0 Å². The lowest BCUT2D eigenvalue weighted by molar-refractivity contribution is -0.136. The Morgan fingerprint density at radius 1 is 1.22 bits per heavy atom. The number of benzene rings is 1. The van der Waals surface area contributed by atoms with Crippen LogP contribution >= 0.6 is 0 Å². The number of likely N-dealkylation sites (tertiary alicyclic amines) is 1. The number of nitrogens with zero attached hydrogens (tertiary/aromatic N) is 1. The molecule has 0 aliphatic carbocycles. The van der Waals surface area contributed by atoms with Crippen LogP contribution in [0.3, 0.4) is 0 Å². The zero-order valence-corrected chi connectivity index (χ0v) is 11.0. The van der Waals surface area contributed by atoms with Gasteiger partial charge in [-0.2, -0.15) is 0 Å². The Kier molecular flexibility index (Phi) is 4.00. The number of piperidine rings is 1. The van der Waals surface area contributed by atoms with Crippen molar-refractivity contribution in [1.29, 1.82) is 0 Å². The highest BCUT2D eigenvalue weighted by atomic mass is 19.1. The largest absolute Gasteiger partial charge is 0.337 e. The van der Waals surface area contributed by atoms with Gasteiger partial charge < -0.3 is 4.90 Å². The molecule has 1 heterocycles. The minimum atomic E-state index is -0.258. The van der Waals surface area contributed by atoms with Gasteiger partial charge in [-0.1, -0.05) is 12.1 Å². The van der Waals surface area contributed by atoms with Gasteiger partial charge in [0.25, 0.3) is 0 Å². The number of hydrogen-bond donors (Lipinski definition) is 0. The fourth-order valence-corrected chi connectivity index (χ4v) is 2.78. The Hall–Kier alpha value is -1.38. The topological polar surface area (TPSA) is 20.3 Å². The molecule has 3 heteroatoms. The molecule has 0 aromatic heterocycles. The van der Waals surface area contributed by atoms with Gasteiger partial charge in [-0.05, 0) is 50.8 Å². The van der Waals surface area contributed by atoms with Crippen molar-refractivity contribution in [1.82, 2.24) is 4.90 Å². The van der Waals surface area contributed by atoms with Gasteiger partial charge in [-0.25, -0.2) is 4.39 Å². The molecule has 0 saturated carbocycles. The molecule has 1 fully saturated rings. The van der Waals surface area contributed by atoms with E-state index in [2.05, 4.69) is 13.8 Å². The first-order chi connectivity index (χ1) is 8.58. The third-order valence-electron chi connectivity index (χ3n) is 3.75. The molecule has 1 aliphatic heterocycles. The molecule has 1 aromatic carbocycles. The Morgan fingerprint density at radius 2 is 1.78 bits per heavy atom. The van der Waals surface area contributed by atoms with Crippen LogP contribution in [-0.4, -0.2) is 22.9 Å². The predicted octanol–water partition coefficient (Wildman–Crippen LogP) is 3.16. The summed E-state index contributed by atoms with van der Waals surface area (Å²) < 4.78 is 12.8. The SMILES string of the molecule is CC1CCCC(C)N1C(=O)Cc1ccc(F)cc1. The molecule has 1 aromatic rings. The van der Waals surface area contributed by atoms with Gasteiger partial charge in [0.2, 0.25) is 5.91 Å². The van der Waals surface area contributed by atoms with Gasteiger partial charge in [0, 0.05) is 12.1 Å². The fraction of sp³-hybridized carbons (Fsp3) is 0.533. The van der Waals surface area contributed by atoms with Crippen LogP contribution in [0.15, 0.2) is 24.3 Å². The molecule has 0 radical (unpaired) electrons. The van der Waals surface area contributed by atoms with Crippen LogP contribution in [0.25, 0.3) is 0 Å². The Balaban J connectivity index is 2.04. The summed E-state index contributed by atoms with van der Waals surface area (Å²) in [6.45, 7) is 4.22. The first-order valence-corrected chi connectivity index (χ1v) is 6.63. The van der Waals surface area contributed by atoms with Crippen LogP contribution in [0.2, 0.25) is 0 Å². The molecule has 0 bridgehead atoms. The zero-order chi connectivity index (χ0) is 13.1. The lowest BCUT2D eigenvalue weighted by Crippen LogP contribution is -2.48. The van der Waals surface area contributed by atoms with Crippen LogP contribution in [0, 0.1) is 5.82 Å². The second-order valence-electron chi connectivity index (χ2n) is 5.23. The van der Waals surface area contributed by atoms with E-state index in [4.69, 9.17) is 0 Å². The lowest BCUT2D eigenvalue weighted by Gasteiger charge is -2.39. The summed E-state index contributed by atoms with van der Waals surface area (Å²) in [5, 5.41) is 0. The van der Waals surface area contributed by atoms with E-state index in [1.807, 2.05) is 4.90 Å². The first-order valence-electron chi connectivity index (χ1n) is 6.63. The van der Waals surface area contributed by atoms with Gasteiger partial charge in [-0.3, -0.25) is 4.79 Å². The van der Waals surface area contributed by atoms with E-state index in [0.29, 0.717) is 18.5 Å². The van der Waals surface area contributed by atoms with E-state index in [0.717, 1.165) is 18.4 Å². The van der Waals surface area contributed by atoms with E-state index in [9.17, 15) is 9.18 Å². The van der Waals surface area contributed by atoms with Gasteiger partial charge in [0.15, 0.2) is 0 Å². The third-order valence-corrected chi connectivity index (χ3v) is 3.75. The highest BCUT2D eigenvalue weighted by Gasteiger charge is 2.28. The highest BCUT2D eigenvalue weighted by molar-refractivity contribution is 5.79. The molecule has 98 valence electrons. The van der Waals surface area contributed by atoms with Crippen LogP contribution in [0.5, 0.6) is 0 Å². The molecule has 2 unspecified atom stereocenters. The van der Waals surface area contributed by atoms with Gasteiger partial charge in [-0.15, -0.1) is 0 Å². The smallest absolute Gasteiger partial charge is 0.227 e. The van der Waals surface area contributed by atoms with Crippen LogP contribution < -0.4 is 0 Å². The van der Waals surface area contributed by atoms with Crippen molar-refractivity contribution in [3.63, 3.8) is 0 Å². The lowest BCUT2D eigenvalue weighted by atomic mass is 9.96. The number of carbonyl (C=O) groups excluding carboxylic acids is 1. The number of rotatable bonds is 2. The van der Waals surface area contributed by atoms with E-state index in [1.54, 1.807) is 12.1 Å². The molecule has 1 amide bonds. The van der Waals surface area contributed by atoms with Crippen molar-refractivity contribution in [2.75, 3.05) is 0 Å². The summed E-state index contributed by atoms with van der Waals surface area (Å²) in [6.07, 6.45) is 3.73. The monoisotopic (exact) mass is 249 g/mol. The predicted molar refractivity (Wildman–Crippen MR) is 69.7 cm³/mol. The maximum atomic E-state index is 12.8. The average molecular weight is 249 g/mol. The number of halogens is 1. The number of amides is 1. The minimum absolute atomic E-state index is 0.154. The Morgan fingerprint density at radius 3 is 2.33 bits per heavy atom. The van der Waals surface area contributed by atoms with E-state index >= 15 is 0 Å². The molecular formula is C15H20FNO. The molecule has 1 saturated heterocycles. The third kappa shape index (κ3) is 2.89. The van der Waals surface area contributed by atoms with E-state index in [1.165, 1.54) is 18.6 Å². The van der Waals surface area contributed by atoms with Gasteiger partial charge >= 0.3 is 0 Å². The van der Waals surface area contributed by atoms with Gasteiger partial charge in [0.05, 0.1) is 6.42 Å². The van der Waals surface area contributed by atoms with E-state index < -0.39 is 0 Å². The first kappa shape index (κ1) is 13.1. The van der Waals surface area contributed by atoms with Crippen LogP contribution in [-0.2, 0) is 11.2 Å². The molecular weight excluding hydrogens is 229 g/mol. The average Bonchev–Trinajstić information content (AvgIpc) is 2.32. The molecule has 0 spiro atoms. The van der Waals surface area contributed by atoms with Crippen molar-refractivity contribution in [3.05, 3.63) is 35.6 Å². The summed E-state index contributed by atoms with van der Waals surface area (Å²) >= 11 is 0. The second-order valence-corrected chi connectivity index (χ2v) is 5.23. The summed E-state index contributed by atoms with van der Waals surface area (Å²) in [5.41, 5.74) is 0.881. The van der Waals surface area contributed by atoms with Gasteiger partial charge in [0.1, 0.15) is 5.82 Å². The summed E-state index contributed by atoms with van der Waals surface area (Å²) in [6, 6.07) is 6.83. The maximum Gasteiger partial charge on any atom is 0.227 e. The quantitative estimate of drug-likeness (QED) is 0.788. The highest BCUT2D eigenvalue weighted by Crippen LogP contribution is 2.23. The summed E-state index contributed by atoms with van der Waals surface area (Å²) in [5.74, 6) is -0.104. The summed E-state index contributed by atoms with van der Waals surface area (Å²) in [4.78, 5) is 14.3. The van der Waals surface area contributed by atoms with Crippen LogP contribution in [0.1, 0.15) is 38.7 Å². The van der Waals surface area contributed by atoms with Crippen molar-refractivity contribution >= 4 is 5.91 Å². The minimum Gasteiger partial charge on any atom is -0.337 e. The number of hydrogen-bond acceptors (Lipinski definition) is 1. The molecule has 0 N–H and O–H groups in total. The molecule has 2 rings (SSSR count). The molecule has 18 heavy (non-hydrogen) atoms. The maximum absolute atomic E-state index is 12.8. The molecule has 1 aliphatic rings. The zero-order valence-electron chi connectivity index (χ0n) is 11.0. The Bertz CT molecular complexity index is 405.